The molecule has 1 fully saturated rings. The summed E-state index contributed by atoms with van der Waals surface area (Å²) in [5.74, 6) is 0. The molecule has 1 aromatic carbocycles. The van der Waals surface area contributed by atoms with Crippen molar-refractivity contribution in [1.29, 1.82) is 0 Å². The molecular formula is C19H24N6. The first-order valence-electron chi connectivity index (χ1n) is 9.04. The zero-order valence-corrected chi connectivity index (χ0v) is 14.6. The Balaban J connectivity index is 1.48. The molecular weight excluding hydrogens is 312 g/mol. The molecule has 0 spiro atoms. The largest absolute Gasteiger partial charge is 0.378 e. The van der Waals surface area contributed by atoms with Crippen LogP contribution in [-0.4, -0.2) is 43.8 Å². The molecule has 3 aromatic rings. The first-order chi connectivity index (χ1) is 12.3. The summed E-state index contributed by atoms with van der Waals surface area (Å²) in [6.45, 7) is 5.32. The van der Waals surface area contributed by atoms with Crippen LogP contribution in [0.25, 0.3) is 5.65 Å². The highest BCUT2D eigenvalue weighted by Gasteiger charge is 2.21. The van der Waals surface area contributed by atoms with Crippen LogP contribution in [0.2, 0.25) is 0 Å². The number of hydrogen-bond acceptors (Lipinski definition) is 5. The van der Waals surface area contributed by atoms with E-state index in [-0.39, 0.29) is 0 Å². The van der Waals surface area contributed by atoms with Crippen molar-refractivity contribution < 1.29 is 0 Å². The first-order valence-corrected chi connectivity index (χ1v) is 9.04. The number of aromatic nitrogens is 4. The highest BCUT2D eigenvalue weighted by atomic mass is 15.3. The smallest absolute Gasteiger partial charge is 0.200 e. The summed E-state index contributed by atoms with van der Waals surface area (Å²) in [5, 5.41) is 16.4. The molecule has 4 rings (SSSR count). The molecule has 0 aliphatic carbocycles. The minimum atomic E-state index is 0.421. The first kappa shape index (κ1) is 16.0. The second-order valence-corrected chi connectivity index (χ2v) is 6.71. The summed E-state index contributed by atoms with van der Waals surface area (Å²) in [6, 6.07) is 13.2. The molecule has 3 heterocycles. The van der Waals surface area contributed by atoms with E-state index in [9.17, 15) is 0 Å². The molecule has 6 heteroatoms. The maximum Gasteiger partial charge on any atom is 0.200 e. The number of aryl methyl sites for hydroxylation is 1. The number of anilines is 1. The quantitative estimate of drug-likeness (QED) is 0.776. The lowest BCUT2D eigenvalue weighted by Gasteiger charge is -2.33. The van der Waals surface area contributed by atoms with Crippen molar-refractivity contribution in [2.75, 3.05) is 18.4 Å². The van der Waals surface area contributed by atoms with E-state index in [1.807, 2.05) is 0 Å². The maximum absolute atomic E-state index is 4.52. The second-order valence-electron chi connectivity index (χ2n) is 6.71. The molecule has 1 atom stereocenters. The standard InChI is InChI=1S/C19H24N6/c1-2-16-11-18(19-22-20-14-25(19)23-16)21-17-9-6-10-24(13-17)12-15-7-4-3-5-8-15/h3-5,7-8,11,14,17,21H,2,6,9-10,12-13H2,1H3. The average molecular weight is 336 g/mol. The predicted octanol–water partition coefficient (Wildman–Crippen LogP) is 2.76. The third-order valence-corrected chi connectivity index (χ3v) is 4.79. The molecule has 6 nitrogen and oxygen atoms in total. The highest BCUT2D eigenvalue weighted by molar-refractivity contribution is 5.67. The van der Waals surface area contributed by atoms with Crippen molar-refractivity contribution >= 4 is 11.3 Å². The normalized spacial score (nSPS) is 18.5. The van der Waals surface area contributed by atoms with Crippen molar-refractivity contribution in [3.05, 3.63) is 54.0 Å². The lowest BCUT2D eigenvalue weighted by molar-refractivity contribution is 0.208. The molecule has 1 unspecified atom stereocenters. The van der Waals surface area contributed by atoms with Crippen LogP contribution in [0.1, 0.15) is 31.0 Å². The van der Waals surface area contributed by atoms with Gasteiger partial charge in [0.15, 0.2) is 0 Å². The van der Waals surface area contributed by atoms with Gasteiger partial charge >= 0.3 is 0 Å². The number of nitrogens with one attached hydrogen (secondary N) is 1. The molecule has 130 valence electrons. The number of fused-ring (bicyclic) bond motifs is 1. The van der Waals surface area contributed by atoms with E-state index >= 15 is 0 Å². The van der Waals surface area contributed by atoms with Crippen LogP contribution in [0.15, 0.2) is 42.7 Å². The summed E-state index contributed by atoms with van der Waals surface area (Å²) in [4.78, 5) is 2.53. The summed E-state index contributed by atoms with van der Waals surface area (Å²) >= 11 is 0. The zero-order valence-electron chi connectivity index (χ0n) is 14.6. The van der Waals surface area contributed by atoms with Crippen molar-refractivity contribution in [2.24, 2.45) is 0 Å². The zero-order chi connectivity index (χ0) is 17.1. The van der Waals surface area contributed by atoms with Crippen LogP contribution in [0.4, 0.5) is 5.69 Å². The number of likely N-dealkylation sites (tertiary alicyclic amines) is 1. The van der Waals surface area contributed by atoms with Gasteiger partial charge in [-0.25, -0.2) is 0 Å². The molecule has 1 aliphatic heterocycles. The van der Waals surface area contributed by atoms with E-state index in [4.69, 9.17) is 0 Å². The molecule has 0 radical (unpaired) electrons. The Morgan fingerprint density at radius 2 is 2.12 bits per heavy atom. The third kappa shape index (κ3) is 3.64. The summed E-state index contributed by atoms with van der Waals surface area (Å²) < 4.78 is 1.77. The van der Waals surface area contributed by atoms with Gasteiger partial charge in [0, 0.05) is 19.1 Å². The van der Waals surface area contributed by atoms with Gasteiger partial charge in [-0.1, -0.05) is 37.3 Å². The lowest BCUT2D eigenvalue weighted by atomic mass is 10.0. The molecule has 1 aliphatic rings. The minimum Gasteiger partial charge on any atom is -0.378 e. The number of nitrogens with zero attached hydrogens (tertiary/aromatic N) is 5. The van der Waals surface area contributed by atoms with Crippen molar-refractivity contribution in [1.82, 2.24) is 24.7 Å². The predicted molar refractivity (Wildman–Crippen MR) is 98.5 cm³/mol. The summed E-state index contributed by atoms with van der Waals surface area (Å²) in [7, 11) is 0. The van der Waals surface area contributed by atoms with E-state index in [0.717, 1.165) is 43.1 Å². The monoisotopic (exact) mass is 336 g/mol. The van der Waals surface area contributed by atoms with E-state index in [2.05, 4.69) is 68.8 Å². The molecule has 0 amide bonds. The minimum absolute atomic E-state index is 0.421. The van der Waals surface area contributed by atoms with Crippen LogP contribution in [-0.2, 0) is 13.0 Å². The molecule has 25 heavy (non-hydrogen) atoms. The lowest BCUT2D eigenvalue weighted by Crippen LogP contribution is -2.41. The fourth-order valence-corrected chi connectivity index (χ4v) is 3.54. The molecule has 0 saturated carbocycles. The fourth-order valence-electron chi connectivity index (χ4n) is 3.54. The van der Waals surface area contributed by atoms with E-state index < -0.39 is 0 Å². The van der Waals surface area contributed by atoms with E-state index in [1.165, 1.54) is 18.4 Å². The molecule has 0 bridgehead atoms. The van der Waals surface area contributed by atoms with Gasteiger partial charge < -0.3 is 5.32 Å². The average Bonchev–Trinajstić information content (AvgIpc) is 3.12. The Morgan fingerprint density at radius 1 is 1.24 bits per heavy atom. The number of hydrogen-bond donors (Lipinski definition) is 1. The van der Waals surface area contributed by atoms with Gasteiger partial charge in [-0.2, -0.15) is 9.61 Å². The van der Waals surface area contributed by atoms with Crippen LogP contribution in [0, 0.1) is 0 Å². The van der Waals surface area contributed by atoms with Gasteiger partial charge in [0.1, 0.15) is 6.33 Å². The van der Waals surface area contributed by atoms with Gasteiger partial charge in [-0.05, 0) is 37.4 Å². The SMILES string of the molecule is CCc1cc(NC2CCCN(Cc3ccccc3)C2)c2nncn2n1. The van der Waals surface area contributed by atoms with Gasteiger partial charge in [-0.3, -0.25) is 4.90 Å². The van der Waals surface area contributed by atoms with Crippen LogP contribution in [0.3, 0.4) is 0 Å². The Bertz CT molecular complexity index is 828. The van der Waals surface area contributed by atoms with Gasteiger partial charge in [0.2, 0.25) is 5.65 Å². The van der Waals surface area contributed by atoms with Crippen LogP contribution in [0.5, 0.6) is 0 Å². The summed E-state index contributed by atoms with van der Waals surface area (Å²) in [6.07, 6.45) is 4.95. The molecule has 1 saturated heterocycles. The van der Waals surface area contributed by atoms with Crippen LogP contribution < -0.4 is 5.32 Å². The van der Waals surface area contributed by atoms with Gasteiger partial charge in [0.25, 0.3) is 0 Å². The Kier molecular flexibility index (Phi) is 4.61. The maximum atomic E-state index is 4.52. The highest BCUT2D eigenvalue weighted by Crippen LogP contribution is 2.21. The van der Waals surface area contributed by atoms with Gasteiger partial charge in [-0.15, -0.1) is 10.2 Å². The Labute approximate surface area is 147 Å². The molecule has 2 aromatic heterocycles. The topological polar surface area (TPSA) is 58.3 Å². The van der Waals surface area contributed by atoms with Crippen LogP contribution >= 0.6 is 0 Å². The molecule has 1 N–H and O–H groups in total. The van der Waals surface area contributed by atoms with E-state index in [0.29, 0.717) is 6.04 Å². The number of rotatable bonds is 5. The van der Waals surface area contributed by atoms with Crippen molar-refractivity contribution in [2.45, 2.75) is 38.8 Å². The van der Waals surface area contributed by atoms with Gasteiger partial charge in [0.05, 0.1) is 11.4 Å². The van der Waals surface area contributed by atoms with Crippen molar-refractivity contribution in [3.8, 4) is 0 Å². The number of piperidine rings is 1. The third-order valence-electron chi connectivity index (χ3n) is 4.79. The Morgan fingerprint density at radius 3 is 2.96 bits per heavy atom. The summed E-state index contributed by atoms with van der Waals surface area (Å²) in [5.41, 5.74) is 4.26. The fraction of sp³-hybridized carbons (Fsp3) is 0.421. The number of benzene rings is 1. The second kappa shape index (κ2) is 7.19. The van der Waals surface area contributed by atoms with Crippen molar-refractivity contribution in [3.63, 3.8) is 0 Å². The Hall–Kier alpha value is -2.47. The van der Waals surface area contributed by atoms with E-state index in [1.54, 1.807) is 10.8 Å².